The molecule has 1 unspecified atom stereocenters. The van der Waals surface area contributed by atoms with Crippen molar-refractivity contribution in [1.82, 2.24) is 5.32 Å². The van der Waals surface area contributed by atoms with Gasteiger partial charge in [-0.3, -0.25) is 0 Å². The van der Waals surface area contributed by atoms with E-state index >= 15 is 0 Å². The second-order valence-corrected chi connectivity index (χ2v) is 4.75. The Kier molecular flexibility index (Phi) is 6.55. The second kappa shape index (κ2) is 7.41. The molecule has 1 rings (SSSR count). The Morgan fingerprint density at radius 1 is 1.29 bits per heavy atom. The van der Waals surface area contributed by atoms with Gasteiger partial charge in [0.1, 0.15) is 0 Å². The van der Waals surface area contributed by atoms with Gasteiger partial charge in [0.2, 0.25) is 0 Å². The number of halogens is 3. The summed E-state index contributed by atoms with van der Waals surface area (Å²) in [5.74, 6) is 0. The van der Waals surface area contributed by atoms with E-state index in [0.29, 0.717) is 28.2 Å². The Balaban J connectivity index is 2.55. The van der Waals surface area contributed by atoms with Crippen LogP contribution in [0.3, 0.4) is 0 Å². The first-order chi connectivity index (χ1) is 8.06. The normalized spacial score (nSPS) is 12.8. The van der Waals surface area contributed by atoms with Gasteiger partial charge in [0, 0.05) is 30.8 Å². The number of aliphatic hydroxyl groups is 1. The highest BCUT2D eigenvalue weighted by molar-refractivity contribution is 6.44. The molecule has 0 aromatic heterocycles. The van der Waals surface area contributed by atoms with Crippen LogP contribution in [0.15, 0.2) is 12.1 Å². The number of benzene rings is 1. The van der Waals surface area contributed by atoms with Crippen molar-refractivity contribution in [1.29, 1.82) is 0 Å². The molecule has 0 aliphatic heterocycles. The minimum atomic E-state index is -0.559. The van der Waals surface area contributed by atoms with Crippen LogP contribution in [0, 0.1) is 0 Å². The molecule has 0 amide bonds. The van der Waals surface area contributed by atoms with Gasteiger partial charge in [-0.05, 0) is 12.1 Å². The predicted octanol–water partition coefficient (Wildman–Crippen LogP) is 2.74. The van der Waals surface area contributed by atoms with Gasteiger partial charge in [-0.25, -0.2) is 0 Å². The Bertz CT molecular complexity index is 374. The van der Waals surface area contributed by atoms with E-state index in [2.05, 4.69) is 5.32 Å². The molecule has 0 fully saturated rings. The number of hydrogen-bond donors (Lipinski definition) is 2. The summed E-state index contributed by atoms with van der Waals surface area (Å²) in [5.41, 5.74) is 0.727. The van der Waals surface area contributed by atoms with E-state index in [4.69, 9.17) is 39.5 Å². The van der Waals surface area contributed by atoms with Gasteiger partial charge in [0.15, 0.2) is 0 Å². The molecule has 0 saturated carbocycles. The number of hydrogen-bond acceptors (Lipinski definition) is 3. The lowest BCUT2D eigenvalue weighted by atomic mass is 10.2. The van der Waals surface area contributed by atoms with Crippen LogP contribution in [-0.2, 0) is 11.3 Å². The van der Waals surface area contributed by atoms with Crippen molar-refractivity contribution in [3.05, 3.63) is 32.8 Å². The molecule has 0 saturated heterocycles. The highest BCUT2D eigenvalue weighted by Gasteiger charge is 2.10. The van der Waals surface area contributed by atoms with Crippen LogP contribution in [0.5, 0.6) is 0 Å². The molecule has 0 bridgehead atoms. The fourth-order valence-corrected chi connectivity index (χ4v) is 2.03. The number of methoxy groups -OCH3 is 1. The first-order valence-corrected chi connectivity index (χ1v) is 6.19. The lowest BCUT2D eigenvalue weighted by Crippen LogP contribution is -2.29. The molecule has 0 heterocycles. The van der Waals surface area contributed by atoms with Crippen molar-refractivity contribution < 1.29 is 9.84 Å². The van der Waals surface area contributed by atoms with E-state index in [1.165, 1.54) is 7.11 Å². The van der Waals surface area contributed by atoms with E-state index in [0.717, 1.165) is 5.56 Å². The van der Waals surface area contributed by atoms with Gasteiger partial charge >= 0.3 is 0 Å². The predicted molar refractivity (Wildman–Crippen MR) is 71.1 cm³/mol. The maximum Gasteiger partial charge on any atom is 0.0897 e. The summed E-state index contributed by atoms with van der Waals surface area (Å²) in [4.78, 5) is 0. The maximum absolute atomic E-state index is 9.44. The van der Waals surface area contributed by atoms with Gasteiger partial charge in [-0.1, -0.05) is 34.8 Å². The van der Waals surface area contributed by atoms with Crippen LogP contribution in [0.4, 0.5) is 0 Å². The van der Waals surface area contributed by atoms with Gasteiger partial charge < -0.3 is 15.2 Å². The molecule has 0 aliphatic rings. The fourth-order valence-electron chi connectivity index (χ4n) is 1.35. The van der Waals surface area contributed by atoms with Crippen molar-refractivity contribution >= 4 is 34.8 Å². The summed E-state index contributed by atoms with van der Waals surface area (Å²) in [6, 6.07) is 3.34. The average molecular weight is 299 g/mol. The first kappa shape index (κ1) is 15.0. The molecular weight excluding hydrogens is 284 g/mol. The molecule has 3 nitrogen and oxygen atoms in total. The van der Waals surface area contributed by atoms with Crippen molar-refractivity contribution in [3.63, 3.8) is 0 Å². The molecule has 0 spiro atoms. The zero-order chi connectivity index (χ0) is 12.8. The fraction of sp³-hybridized carbons (Fsp3) is 0.455. The van der Waals surface area contributed by atoms with Gasteiger partial charge in [-0.2, -0.15) is 0 Å². The second-order valence-electron chi connectivity index (χ2n) is 3.56. The number of nitrogens with one attached hydrogen (secondary N) is 1. The standard InChI is InChI=1S/C11H14Cl3NO2/c1-17-6-7(16)4-15-5-8-9(12)2-3-10(13)11(8)14/h2-3,7,15-16H,4-6H2,1H3. The molecule has 1 atom stereocenters. The smallest absolute Gasteiger partial charge is 0.0897 e. The van der Waals surface area contributed by atoms with E-state index in [1.807, 2.05) is 0 Å². The van der Waals surface area contributed by atoms with Gasteiger partial charge in [0.05, 0.1) is 22.8 Å². The van der Waals surface area contributed by atoms with Crippen LogP contribution in [-0.4, -0.2) is 31.5 Å². The molecule has 96 valence electrons. The molecule has 17 heavy (non-hydrogen) atoms. The maximum atomic E-state index is 9.44. The third kappa shape index (κ3) is 4.62. The zero-order valence-corrected chi connectivity index (χ0v) is 11.6. The van der Waals surface area contributed by atoms with Crippen LogP contribution in [0.25, 0.3) is 0 Å². The largest absolute Gasteiger partial charge is 0.389 e. The first-order valence-electron chi connectivity index (χ1n) is 5.06. The Morgan fingerprint density at radius 3 is 2.59 bits per heavy atom. The number of ether oxygens (including phenoxy) is 1. The van der Waals surface area contributed by atoms with Crippen LogP contribution in [0.1, 0.15) is 5.56 Å². The summed E-state index contributed by atoms with van der Waals surface area (Å²) < 4.78 is 4.81. The third-order valence-corrected chi connectivity index (χ3v) is 3.38. The molecule has 2 N–H and O–H groups in total. The topological polar surface area (TPSA) is 41.5 Å². The zero-order valence-electron chi connectivity index (χ0n) is 9.34. The van der Waals surface area contributed by atoms with E-state index in [9.17, 15) is 5.11 Å². The third-order valence-electron chi connectivity index (χ3n) is 2.18. The van der Waals surface area contributed by atoms with Gasteiger partial charge in [-0.15, -0.1) is 0 Å². The highest BCUT2D eigenvalue weighted by atomic mass is 35.5. The quantitative estimate of drug-likeness (QED) is 0.794. The minimum absolute atomic E-state index is 0.282. The molecule has 6 heteroatoms. The van der Waals surface area contributed by atoms with E-state index in [-0.39, 0.29) is 6.61 Å². The lowest BCUT2D eigenvalue weighted by Gasteiger charge is -2.13. The highest BCUT2D eigenvalue weighted by Crippen LogP contribution is 2.31. The summed E-state index contributed by atoms with van der Waals surface area (Å²) >= 11 is 17.9. The van der Waals surface area contributed by atoms with Crippen LogP contribution < -0.4 is 5.32 Å². The summed E-state index contributed by atoms with van der Waals surface area (Å²) in [6.07, 6.45) is -0.559. The molecular formula is C11H14Cl3NO2. The summed E-state index contributed by atoms with van der Waals surface area (Å²) in [6.45, 7) is 1.12. The number of rotatable bonds is 6. The van der Waals surface area contributed by atoms with E-state index < -0.39 is 6.10 Å². The summed E-state index contributed by atoms with van der Waals surface area (Å²) in [5, 5.41) is 13.9. The Morgan fingerprint density at radius 2 is 1.94 bits per heavy atom. The SMILES string of the molecule is COCC(O)CNCc1c(Cl)ccc(Cl)c1Cl. The average Bonchev–Trinajstić information content (AvgIpc) is 2.29. The van der Waals surface area contributed by atoms with Crippen LogP contribution in [0.2, 0.25) is 15.1 Å². The van der Waals surface area contributed by atoms with Gasteiger partial charge in [0.25, 0.3) is 0 Å². The molecule has 0 radical (unpaired) electrons. The summed E-state index contributed by atoms with van der Waals surface area (Å²) in [7, 11) is 1.54. The van der Waals surface area contributed by atoms with Crippen molar-refractivity contribution in [2.24, 2.45) is 0 Å². The molecule has 0 aliphatic carbocycles. The van der Waals surface area contributed by atoms with E-state index in [1.54, 1.807) is 12.1 Å². The van der Waals surface area contributed by atoms with Crippen LogP contribution >= 0.6 is 34.8 Å². The monoisotopic (exact) mass is 297 g/mol. The van der Waals surface area contributed by atoms with Crippen molar-refractivity contribution in [2.75, 3.05) is 20.3 Å². The molecule has 1 aromatic rings. The van der Waals surface area contributed by atoms with Crippen molar-refractivity contribution in [3.8, 4) is 0 Å². The minimum Gasteiger partial charge on any atom is -0.389 e. The Hall–Kier alpha value is -0.0300. The Labute approximate surface area is 116 Å². The number of aliphatic hydroxyl groups excluding tert-OH is 1. The lowest BCUT2D eigenvalue weighted by molar-refractivity contribution is 0.0644. The molecule has 1 aromatic carbocycles. The van der Waals surface area contributed by atoms with Crippen molar-refractivity contribution in [2.45, 2.75) is 12.6 Å².